The van der Waals surface area contributed by atoms with Gasteiger partial charge in [-0.1, -0.05) is 61.0 Å². The van der Waals surface area contributed by atoms with Crippen LogP contribution in [0.25, 0.3) is 10.8 Å². The van der Waals surface area contributed by atoms with Crippen LogP contribution in [-0.2, 0) is 27.7 Å². The van der Waals surface area contributed by atoms with Crippen LogP contribution >= 0.6 is 36.1 Å². The van der Waals surface area contributed by atoms with Gasteiger partial charge in [0.2, 0.25) is 0 Å². The number of rotatable bonds is 3. The molecule has 0 N–H and O–H groups in total. The fourth-order valence-electron chi connectivity index (χ4n) is 3.63. The molecule has 0 amide bonds. The van der Waals surface area contributed by atoms with Crippen LogP contribution in [0.1, 0.15) is 54.2 Å². The van der Waals surface area contributed by atoms with E-state index in [1.807, 2.05) is 0 Å². The molecular formula is C24H32I2Zr. The van der Waals surface area contributed by atoms with Gasteiger partial charge in [0.05, 0.1) is 0 Å². The molecule has 3 aromatic carbocycles. The average molecular weight is 666 g/mol. The zero-order valence-corrected chi connectivity index (χ0v) is 24.5. The van der Waals surface area contributed by atoms with Gasteiger partial charge in [0.1, 0.15) is 0 Å². The third-order valence-electron chi connectivity index (χ3n) is 5.27. The van der Waals surface area contributed by atoms with Crippen LogP contribution in [0.5, 0.6) is 0 Å². The second kappa shape index (κ2) is 13.0. The van der Waals surface area contributed by atoms with Crippen LogP contribution in [-0.4, -0.2) is 0 Å². The van der Waals surface area contributed by atoms with E-state index in [4.69, 9.17) is 0 Å². The first-order chi connectivity index (χ1) is 12.8. The first-order valence-corrected chi connectivity index (χ1v) is 24.2. The van der Waals surface area contributed by atoms with Crippen molar-refractivity contribution in [1.82, 2.24) is 0 Å². The van der Waals surface area contributed by atoms with Crippen molar-refractivity contribution in [2.75, 3.05) is 0 Å². The van der Waals surface area contributed by atoms with E-state index in [1.54, 1.807) is 5.56 Å². The van der Waals surface area contributed by atoms with E-state index in [0.717, 1.165) is 5.92 Å². The third kappa shape index (κ3) is 7.70. The predicted molar refractivity (Wildman–Crippen MR) is 136 cm³/mol. The summed E-state index contributed by atoms with van der Waals surface area (Å²) in [7, 11) is 0. The van der Waals surface area contributed by atoms with Gasteiger partial charge in [-0.15, -0.1) is 40.6 Å². The van der Waals surface area contributed by atoms with Gasteiger partial charge >= 0.3 is 50.9 Å². The quantitative estimate of drug-likeness (QED) is 0.194. The maximum absolute atomic E-state index is 2.45. The normalized spacial score (nSPS) is 10.1. The van der Waals surface area contributed by atoms with Crippen molar-refractivity contribution in [3.63, 3.8) is 0 Å². The van der Waals surface area contributed by atoms with Gasteiger partial charge in [0.25, 0.3) is 0 Å². The van der Waals surface area contributed by atoms with E-state index in [9.17, 15) is 0 Å². The van der Waals surface area contributed by atoms with Crippen molar-refractivity contribution in [3.8, 4) is 0 Å². The molecule has 0 aromatic heterocycles. The molecule has 0 radical (unpaired) electrons. The van der Waals surface area contributed by atoms with Gasteiger partial charge in [-0.05, 0) is 12.3 Å². The van der Waals surface area contributed by atoms with Crippen molar-refractivity contribution in [2.24, 2.45) is 5.92 Å². The van der Waals surface area contributed by atoms with E-state index in [0.29, 0.717) is 0 Å². The molecule has 146 valence electrons. The molecule has 3 rings (SSSR count). The minimum atomic E-state index is 0.170. The van der Waals surface area contributed by atoms with E-state index >= 15 is 0 Å². The molecule has 0 bridgehead atoms. The summed E-state index contributed by atoms with van der Waals surface area (Å²) in [6.45, 7) is 15.7. The Labute approximate surface area is 196 Å². The molecule has 0 saturated carbocycles. The van der Waals surface area contributed by atoms with Gasteiger partial charge in [-0.2, -0.15) is 33.9 Å². The predicted octanol–water partition coefficient (Wildman–Crippen LogP) is 8.73. The molecule has 0 aliphatic heterocycles. The summed E-state index contributed by atoms with van der Waals surface area (Å²) in [5, 5.41) is 2.75. The maximum atomic E-state index is 2.45. The molecular weight excluding hydrogens is 633 g/mol. The van der Waals surface area contributed by atoms with Crippen LogP contribution in [0.4, 0.5) is 0 Å². The summed E-state index contributed by atoms with van der Waals surface area (Å²) in [5.41, 5.74) is 9.00. The molecule has 3 aromatic rings. The Hall–Kier alpha value is 0.523. The third-order valence-corrected chi connectivity index (χ3v) is 5.27. The molecule has 0 nitrogen and oxygen atoms in total. The monoisotopic (exact) mass is 664 g/mol. The van der Waals surface area contributed by atoms with E-state index in [1.165, 1.54) is 51.4 Å². The summed E-state index contributed by atoms with van der Waals surface area (Å²) < 4.78 is 0. The average Bonchev–Trinajstić information content (AvgIpc) is 3.10. The summed E-state index contributed by atoms with van der Waals surface area (Å²) in [6.07, 6.45) is 2.36. The van der Waals surface area contributed by atoms with Crippen molar-refractivity contribution in [2.45, 2.75) is 61.3 Å². The molecule has 0 heterocycles. The van der Waals surface area contributed by atoms with Gasteiger partial charge in [0, 0.05) is 0 Å². The Morgan fingerprint density at radius 3 is 1.93 bits per heavy atom. The van der Waals surface area contributed by atoms with Crippen molar-refractivity contribution >= 4 is 46.9 Å². The minimum absolute atomic E-state index is 0.170. The van der Waals surface area contributed by atoms with Gasteiger partial charge in [-0.25, -0.2) is 0 Å². The fourth-order valence-corrected chi connectivity index (χ4v) is 3.63. The summed E-state index contributed by atoms with van der Waals surface area (Å²) in [5.74, 6) is 0.747. The Kier molecular flexibility index (Phi) is 12.3. The van der Waals surface area contributed by atoms with Crippen LogP contribution in [0, 0.1) is 33.6 Å². The van der Waals surface area contributed by atoms with E-state index < -0.39 is 0 Å². The Balaban J connectivity index is 0.000000239. The Morgan fingerprint density at radius 1 is 1.00 bits per heavy atom. The standard InChI is InChI=1S/C13H15.C11H17.2HI.Zr/c1-10(2)7-11-8-12-5-3-4-6-13(12)9-11;1-6-11-9(4)7(2)8(3)10(11)5;;;/h3-6,8-10H,7H2,1-2H3;6H2,1-5H3;2*1H;/q2*-1;;;+4/p-2. The van der Waals surface area contributed by atoms with Crippen molar-refractivity contribution < 1.29 is 14.9 Å². The number of hydrogen-bond acceptors (Lipinski definition) is 0. The fraction of sp³-hybridized carbons (Fsp3) is 0.417. The molecule has 0 atom stereocenters. The zero-order chi connectivity index (χ0) is 20.6. The SMILES string of the molecule is CC(C)Cc1cc2ccccc2[cH-]1.CC[c-]1c(C)c(C)c(C)c1C.[I][Zr+2][I]. The van der Waals surface area contributed by atoms with Crippen molar-refractivity contribution in [3.05, 3.63) is 69.8 Å². The van der Waals surface area contributed by atoms with E-state index in [-0.39, 0.29) is 14.9 Å². The zero-order valence-electron chi connectivity index (χ0n) is 17.7. The second-order valence-corrected chi connectivity index (χ2v) is 26.4. The molecule has 0 spiro atoms. The number of benzene rings is 1. The number of halogens is 2. The number of fused-ring (bicyclic) bond motifs is 1. The van der Waals surface area contributed by atoms with Gasteiger partial charge in [-0.3, -0.25) is 0 Å². The van der Waals surface area contributed by atoms with Crippen LogP contribution in [0.2, 0.25) is 0 Å². The molecule has 0 fully saturated rings. The molecule has 0 unspecified atom stereocenters. The van der Waals surface area contributed by atoms with Crippen molar-refractivity contribution in [1.29, 1.82) is 0 Å². The summed E-state index contributed by atoms with van der Waals surface area (Å²) in [4.78, 5) is 0. The number of hydrogen-bond donors (Lipinski definition) is 0. The summed E-state index contributed by atoms with van der Waals surface area (Å²) in [6, 6.07) is 13.2. The van der Waals surface area contributed by atoms with E-state index in [2.05, 4.69) is 121 Å². The first-order valence-electron chi connectivity index (χ1n) is 9.59. The molecule has 3 heteroatoms. The van der Waals surface area contributed by atoms with Gasteiger partial charge < -0.3 is 0 Å². The van der Waals surface area contributed by atoms with Crippen LogP contribution < -0.4 is 0 Å². The topological polar surface area (TPSA) is 0 Å². The molecule has 0 aliphatic carbocycles. The van der Waals surface area contributed by atoms with Gasteiger partial charge in [0.15, 0.2) is 0 Å². The molecule has 27 heavy (non-hydrogen) atoms. The molecule has 0 aliphatic rings. The van der Waals surface area contributed by atoms with Crippen LogP contribution in [0.3, 0.4) is 0 Å². The second-order valence-electron chi connectivity index (χ2n) is 7.49. The molecule has 0 saturated heterocycles. The first kappa shape index (κ1) is 25.6. The summed E-state index contributed by atoms with van der Waals surface area (Å²) >= 11 is 5.06. The Morgan fingerprint density at radius 2 is 1.52 bits per heavy atom. The Bertz CT molecular complexity index is 766. The van der Waals surface area contributed by atoms with Crippen LogP contribution in [0.15, 0.2) is 36.4 Å².